The van der Waals surface area contributed by atoms with Gasteiger partial charge in [0, 0.05) is 5.56 Å². The predicted molar refractivity (Wildman–Crippen MR) is 29.3 cm³/mol. The van der Waals surface area contributed by atoms with E-state index in [1.54, 1.807) is 6.26 Å². The lowest BCUT2D eigenvalue weighted by atomic mass is 10.2. The first-order valence-electron chi connectivity index (χ1n) is 2.74. The number of nitrogens with zero attached hydrogens (tertiary/aromatic N) is 1. The molecule has 2 heteroatoms. The van der Waals surface area contributed by atoms with Gasteiger partial charge >= 0.3 is 0 Å². The van der Waals surface area contributed by atoms with E-state index in [4.69, 9.17) is 0 Å². The lowest BCUT2D eigenvalue weighted by Gasteiger charge is -1.82. The summed E-state index contributed by atoms with van der Waals surface area (Å²) in [6.45, 7) is 2.11. The highest BCUT2D eigenvalue weighted by molar-refractivity contribution is 4.97. The molecule has 2 nitrogen and oxygen atoms in total. The van der Waals surface area contributed by atoms with E-state index in [1.165, 1.54) is 0 Å². The maximum absolute atomic E-state index is 4.56. The van der Waals surface area contributed by atoms with Crippen LogP contribution in [0.5, 0.6) is 0 Å². The Bertz CT molecular complexity index is 134. The van der Waals surface area contributed by atoms with E-state index in [2.05, 4.69) is 22.8 Å². The Morgan fingerprint density at radius 2 is 2.75 bits per heavy atom. The number of aryl methyl sites for hydroxylation is 1. The fourth-order valence-corrected chi connectivity index (χ4v) is 0.585. The molecule has 1 aromatic rings. The van der Waals surface area contributed by atoms with Crippen molar-refractivity contribution in [3.8, 4) is 0 Å². The van der Waals surface area contributed by atoms with Crippen molar-refractivity contribution < 1.29 is 4.52 Å². The molecular weight excluding hydrogens is 102 g/mol. The van der Waals surface area contributed by atoms with Gasteiger partial charge in [-0.3, -0.25) is 0 Å². The van der Waals surface area contributed by atoms with E-state index in [0.29, 0.717) is 0 Å². The monoisotopic (exact) mass is 110 g/mol. The van der Waals surface area contributed by atoms with Crippen molar-refractivity contribution in [1.29, 1.82) is 0 Å². The third kappa shape index (κ3) is 1.09. The van der Waals surface area contributed by atoms with Crippen LogP contribution in [0.1, 0.15) is 18.9 Å². The van der Waals surface area contributed by atoms with Gasteiger partial charge in [-0.15, -0.1) is 0 Å². The second-order valence-electron chi connectivity index (χ2n) is 1.70. The van der Waals surface area contributed by atoms with Gasteiger partial charge in [0.15, 0.2) is 0 Å². The van der Waals surface area contributed by atoms with E-state index in [0.717, 1.165) is 18.4 Å². The molecule has 0 saturated carbocycles. The van der Waals surface area contributed by atoms with Crippen molar-refractivity contribution >= 4 is 0 Å². The van der Waals surface area contributed by atoms with E-state index >= 15 is 0 Å². The summed E-state index contributed by atoms with van der Waals surface area (Å²) >= 11 is 0. The summed E-state index contributed by atoms with van der Waals surface area (Å²) in [4.78, 5) is 0. The van der Waals surface area contributed by atoms with Gasteiger partial charge in [0.2, 0.25) is 0 Å². The first-order chi connectivity index (χ1) is 3.93. The highest BCUT2D eigenvalue weighted by Crippen LogP contribution is 1.97. The minimum absolute atomic E-state index is 1.02. The van der Waals surface area contributed by atoms with Crippen LogP contribution in [0.2, 0.25) is 0 Å². The summed E-state index contributed by atoms with van der Waals surface area (Å²) in [5.74, 6) is 0. The predicted octanol–water partition coefficient (Wildman–Crippen LogP) is 1.43. The average Bonchev–Trinajstić information content (AvgIpc) is 2.19. The summed E-state index contributed by atoms with van der Waals surface area (Å²) < 4.78 is 4.56. The Hall–Kier alpha value is -0.790. The lowest BCUT2D eigenvalue weighted by Crippen LogP contribution is -1.75. The second-order valence-corrected chi connectivity index (χ2v) is 1.70. The van der Waals surface area contributed by atoms with Crippen LogP contribution < -0.4 is 0 Å². The molecule has 0 spiro atoms. The van der Waals surface area contributed by atoms with E-state index in [9.17, 15) is 0 Å². The quantitative estimate of drug-likeness (QED) is 0.575. The molecule has 43 valence electrons. The molecule has 0 bridgehead atoms. The van der Waals surface area contributed by atoms with Crippen LogP contribution in [-0.4, -0.2) is 5.16 Å². The molecular formula is C6H8NO. The Morgan fingerprint density at radius 1 is 1.88 bits per heavy atom. The van der Waals surface area contributed by atoms with Crippen molar-refractivity contribution in [3.63, 3.8) is 0 Å². The maximum atomic E-state index is 4.56. The Balaban J connectivity index is 2.50. The molecule has 0 unspecified atom stereocenters. The van der Waals surface area contributed by atoms with E-state index < -0.39 is 0 Å². The van der Waals surface area contributed by atoms with Crippen LogP contribution in [-0.2, 0) is 6.42 Å². The van der Waals surface area contributed by atoms with Gasteiger partial charge in [-0.25, -0.2) is 0 Å². The number of aromatic nitrogens is 1. The summed E-state index contributed by atoms with van der Waals surface area (Å²) in [6, 6.07) is 0. The SMILES string of the molecule is CCCc1[c]noc1. The Morgan fingerprint density at radius 3 is 3.25 bits per heavy atom. The lowest BCUT2D eigenvalue weighted by molar-refractivity contribution is 0.417. The van der Waals surface area contributed by atoms with Crippen LogP contribution in [0.15, 0.2) is 10.8 Å². The summed E-state index contributed by atoms with van der Waals surface area (Å²) in [6.07, 6.45) is 6.49. The first-order valence-corrected chi connectivity index (χ1v) is 2.74. The van der Waals surface area contributed by atoms with Gasteiger partial charge < -0.3 is 4.52 Å². The van der Waals surface area contributed by atoms with Crippen LogP contribution in [0.25, 0.3) is 0 Å². The van der Waals surface area contributed by atoms with Gasteiger partial charge in [0.25, 0.3) is 0 Å². The molecule has 0 aliphatic rings. The molecule has 0 aliphatic carbocycles. The van der Waals surface area contributed by atoms with Gasteiger partial charge in [0.05, 0.1) is 0 Å². The number of hydrogen-bond acceptors (Lipinski definition) is 2. The van der Waals surface area contributed by atoms with E-state index in [-0.39, 0.29) is 0 Å². The number of rotatable bonds is 2. The molecule has 1 aromatic heterocycles. The fourth-order valence-electron chi connectivity index (χ4n) is 0.585. The van der Waals surface area contributed by atoms with Gasteiger partial charge in [-0.2, -0.15) is 0 Å². The van der Waals surface area contributed by atoms with Gasteiger partial charge in [-0.1, -0.05) is 18.5 Å². The standard InChI is InChI=1S/C6H8NO/c1-2-3-6-4-7-8-5-6/h5H,2-3H2,1H3. The largest absolute Gasteiger partial charge is 0.364 e. The van der Waals surface area contributed by atoms with Crippen LogP contribution in [0.3, 0.4) is 0 Å². The third-order valence-electron chi connectivity index (χ3n) is 0.956. The molecule has 0 aliphatic heterocycles. The van der Waals surface area contributed by atoms with Gasteiger partial charge in [0.1, 0.15) is 12.5 Å². The smallest absolute Gasteiger partial charge is 0.139 e. The second kappa shape index (κ2) is 2.50. The fraction of sp³-hybridized carbons (Fsp3) is 0.500. The zero-order chi connectivity index (χ0) is 5.82. The van der Waals surface area contributed by atoms with Crippen LogP contribution >= 0.6 is 0 Å². The van der Waals surface area contributed by atoms with Crippen LogP contribution in [0.4, 0.5) is 0 Å². The molecule has 1 radical (unpaired) electrons. The van der Waals surface area contributed by atoms with Crippen molar-refractivity contribution in [1.82, 2.24) is 5.16 Å². The molecule has 0 atom stereocenters. The summed E-state index contributed by atoms with van der Waals surface area (Å²) in [5, 5.41) is 3.44. The Kier molecular flexibility index (Phi) is 1.67. The first kappa shape index (κ1) is 5.35. The average molecular weight is 110 g/mol. The summed E-state index contributed by atoms with van der Waals surface area (Å²) in [7, 11) is 0. The highest BCUT2D eigenvalue weighted by atomic mass is 16.5. The molecule has 0 fully saturated rings. The topological polar surface area (TPSA) is 26.0 Å². The van der Waals surface area contributed by atoms with Crippen LogP contribution in [0, 0.1) is 6.20 Å². The molecule has 0 N–H and O–H groups in total. The van der Waals surface area contributed by atoms with Crippen molar-refractivity contribution in [2.45, 2.75) is 19.8 Å². The molecule has 1 rings (SSSR count). The molecule has 1 heterocycles. The normalized spacial score (nSPS) is 9.62. The zero-order valence-electron chi connectivity index (χ0n) is 4.85. The molecule has 0 aromatic carbocycles. The minimum Gasteiger partial charge on any atom is -0.364 e. The Labute approximate surface area is 48.5 Å². The molecule has 8 heavy (non-hydrogen) atoms. The highest BCUT2D eigenvalue weighted by Gasteiger charge is 1.90. The van der Waals surface area contributed by atoms with Gasteiger partial charge in [-0.05, 0) is 6.42 Å². The number of hydrogen-bond donors (Lipinski definition) is 0. The zero-order valence-corrected chi connectivity index (χ0v) is 4.85. The molecule has 0 saturated heterocycles. The van der Waals surface area contributed by atoms with Crippen molar-refractivity contribution in [2.24, 2.45) is 0 Å². The maximum Gasteiger partial charge on any atom is 0.139 e. The summed E-state index contributed by atoms with van der Waals surface area (Å²) in [5.41, 5.74) is 1.06. The van der Waals surface area contributed by atoms with Crippen molar-refractivity contribution in [2.75, 3.05) is 0 Å². The van der Waals surface area contributed by atoms with E-state index in [1.807, 2.05) is 0 Å². The van der Waals surface area contributed by atoms with Crippen molar-refractivity contribution in [3.05, 3.63) is 18.0 Å². The third-order valence-corrected chi connectivity index (χ3v) is 0.956. The minimum atomic E-state index is 1.02. The molecule has 0 amide bonds.